The predicted molar refractivity (Wildman–Crippen MR) is 119 cm³/mol. The highest BCUT2D eigenvalue weighted by Crippen LogP contribution is 2.37. The minimum atomic E-state index is -0.417. The van der Waals surface area contributed by atoms with Gasteiger partial charge in [-0.1, -0.05) is 29.8 Å². The van der Waals surface area contributed by atoms with Crippen LogP contribution in [-0.2, 0) is 11.8 Å². The molecule has 156 valence electrons. The lowest BCUT2D eigenvalue weighted by Crippen LogP contribution is -2.26. The van der Waals surface area contributed by atoms with Gasteiger partial charge in [0.2, 0.25) is 5.91 Å². The fourth-order valence-corrected chi connectivity index (χ4v) is 4.46. The number of rotatable bonds is 3. The van der Waals surface area contributed by atoms with Crippen LogP contribution in [0, 0.1) is 12.7 Å². The van der Waals surface area contributed by atoms with Gasteiger partial charge in [-0.25, -0.2) is 14.4 Å². The summed E-state index contributed by atoms with van der Waals surface area (Å²) < 4.78 is 17.0. The van der Waals surface area contributed by atoms with Gasteiger partial charge in [0.15, 0.2) is 0 Å². The van der Waals surface area contributed by atoms with Crippen LogP contribution in [0.25, 0.3) is 22.2 Å². The monoisotopic (exact) mass is 415 g/mol. The first kappa shape index (κ1) is 19.2. The summed E-state index contributed by atoms with van der Waals surface area (Å²) in [5, 5.41) is 0.619. The number of hydrogen-bond donors (Lipinski definition) is 1. The molecular weight excluding hydrogens is 393 g/mol. The molecule has 3 heterocycles. The number of nitrogens with two attached hydrogens (primary N) is 1. The summed E-state index contributed by atoms with van der Waals surface area (Å²) in [6.45, 7) is 2.57. The van der Waals surface area contributed by atoms with E-state index in [4.69, 9.17) is 5.73 Å². The van der Waals surface area contributed by atoms with Gasteiger partial charge in [-0.2, -0.15) is 0 Å². The van der Waals surface area contributed by atoms with Crippen LogP contribution < -0.4 is 10.6 Å². The second-order valence-corrected chi connectivity index (χ2v) is 8.02. The highest BCUT2D eigenvalue weighted by molar-refractivity contribution is 6.02. The summed E-state index contributed by atoms with van der Waals surface area (Å²) in [6.07, 6.45) is 3.90. The van der Waals surface area contributed by atoms with E-state index in [0.29, 0.717) is 46.6 Å². The van der Waals surface area contributed by atoms with Gasteiger partial charge >= 0.3 is 0 Å². The third-order valence-electron chi connectivity index (χ3n) is 5.99. The number of anilines is 2. The standard InChI is InChI=1S/C24H22FN5O/c1-14-4-3-5-15(10-14)17-8-9-30(24(17)31)16-6-7-18(20(25)11-16)19-12-29(2)23-21(19)22(26)27-13-28-23/h3-7,10-13,17H,8-9H2,1-2H3,(H2,26,27,28). The molecule has 1 amide bonds. The first-order chi connectivity index (χ1) is 14.9. The number of carbonyl (C=O) groups excluding carboxylic acids is 1. The van der Waals surface area contributed by atoms with Crippen molar-refractivity contribution < 1.29 is 9.18 Å². The van der Waals surface area contributed by atoms with Crippen LogP contribution >= 0.6 is 0 Å². The maximum atomic E-state index is 15.2. The average Bonchev–Trinajstić information content (AvgIpc) is 3.29. The smallest absolute Gasteiger partial charge is 0.234 e. The van der Waals surface area contributed by atoms with Gasteiger partial charge in [0, 0.05) is 36.6 Å². The van der Waals surface area contributed by atoms with E-state index in [9.17, 15) is 4.79 Å². The molecule has 2 N–H and O–H groups in total. The SMILES string of the molecule is Cc1cccc(C2CCN(c3ccc(-c4cn(C)c5ncnc(N)c45)c(F)c3)C2=O)c1. The number of hydrogen-bond acceptors (Lipinski definition) is 4. The first-order valence-electron chi connectivity index (χ1n) is 10.2. The van der Waals surface area contributed by atoms with Crippen LogP contribution in [0.3, 0.4) is 0 Å². The number of halogens is 1. The molecule has 2 aromatic heterocycles. The molecule has 1 atom stereocenters. The summed E-state index contributed by atoms with van der Waals surface area (Å²) in [7, 11) is 1.83. The molecule has 0 aliphatic carbocycles. The number of carbonyl (C=O) groups is 1. The van der Waals surface area contributed by atoms with Crippen molar-refractivity contribution in [2.24, 2.45) is 7.05 Å². The van der Waals surface area contributed by atoms with Gasteiger partial charge in [-0.3, -0.25) is 4.79 Å². The van der Waals surface area contributed by atoms with Crippen molar-refractivity contribution in [3.8, 4) is 11.1 Å². The first-order valence-corrected chi connectivity index (χ1v) is 10.2. The lowest BCUT2D eigenvalue weighted by atomic mass is 9.96. The lowest BCUT2D eigenvalue weighted by Gasteiger charge is -2.18. The molecule has 4 aromatic rings. The summed E-state index contributed by atoms with van der Waals surface area (Å²) in [4.78, 5) is 23.0. The number of nitrogens with zero attached hydrogens (tertiary/aromatic N) is 4. The van der Waals surface area contributed by atoms with E-state index in [1.54, 1.807) is 27.8 Å². The Hall–Kier alpha value is -3.74. The molecule has 0 bridgehead atoms. The van der Waals surface area contributed by atoms with E-state index < -0.39 is 5.82 Å². The van der Waals surface area contributed by atoms with E-state index in [-0.39, 0.29) is 11.8 Å². The summed E-state index contributed by atoms with van der Waals surface area (Å²) >= 11 is 0. The van der Waals surface area contributed by atoms with E-state index >= 15 is 4.39 Å². The van der Waals surface area contributed by atoms with Crippen LogP contribution in [0.1, 0.15) is 23.5 Å². The topological polar surface area (TPSA) is 77.0 Å². The van der Waals surface area contributed by atoms with E-state index in [0.717, 1.165) is 11.1 Å². The summed E-state index contributed by atoms with van der Waals surface area (Å²) in [5.41, 5.74) is 10.4. The Morgan fingerprint density at radius 1 is 1.13 bits per heavy atom. The normalized spacial score (nSPS) is 16.4. The molecule has 1 unspecified atom stereocenters. The Morgan fingerprint density at radius 2 is 1.97 bits per heavy atom. The van der Waals surface area contributed by atoms with Crippen molar-refractivity contribution in [2.45, 2.75) is 19.3 Å². The van der Waals surface area contributed by atoms with E-state index in [1.807, 2.05) is 38.2 Å². The molecular formula is C24H22FN5O. The third-order valence-corrected chi connectivity index (χ3v) is 5.99. The van der Waals surface area contributed by atoms with Crippen LogP contribution in [0.2, 0.25) is 0 Å². The second kappa shape index (κ2) is 7.19. The molecule has 0 spiro atoms. The molecule has 1 aliphatic rings. The summed E-state index contributed by atoms with van der Waals surface area (Å²) in [5.74, 6) is -0.307. The van der Waals surface area contributed by atoms with E-state index in [1.165, 1.54) is 12.4 Å². The predicted octanol–water partition coefficient (Wildman–Crippen LogP) is 4.19. The van der Waals surface area contributed by atoms with Crippen molar-refractivity contribution in [3.63, 3.8) is 0 Å². The molecule has 5 rings (SSSR count). The molecule has 1 aliphatic heterocycles. The van der Waals surface area contributed by atoms with Gasteiger partial charge in [-0.05, 0) is 37.1 Å². The number of fused-ring (bicyclic) bond motifs is 1. The summed E-state index contributed by atoms with van der Waals surface area (Å²) in [6, 6.07) is 12.9. The second-order valence-electron chi connectivity index (χ2n) is 8.02. The Labute approximate surface area is 179 Å². The fraction of sp³-hybridized carbons (Fsp3) is 0.208. The van der Waals surface area contributed by atoms with Gasteiger partial charge in [-0.15, -0.1) is 0 Å². The van der Waals surface area contributed by atoms with Gasteiger partial charge < -0.3 is 15.2 Å². The molecule has 2 aromatic carbocycles. The minimum Gasteiger partial charge on any atom is -0.383 e. The van der Waals surface area contributed by atoms with Gasteiger partial charge in [0.05, 0.1) is 11.3 Å². The van der Waals surface area contributed by atoms with E-state index in [2.05, 4.69) is 9.97 Å². The number of amides is 1. The molecule has 0 saturated carbocycles. The van der Waals surface area contributed by atoms with Crippen LogP contribution in [0.4, 0.5) is 15.9 Å². The van der Waals surface area contributed by atoms with Crippen LogP contribution in [0.15, 0.2) is 55.0 Å². The molecule has 31 heavy (non-hydrogen) atoms. The zero-order chi connectivity index (χ0) is 21.7. The van der Waals surface area contributed by atoms with Gasteiger partial charge in [0.25, 0.3) is 0 Å². The Kier molecular flexibility index (Phi) is 4.46. The number of nitrogen functional groups attached to an aromatic ring is 1. The third kappa shape index (κ3) is 3.13. The molecule has 1 fully saturated rings. The zero-order valence-corrected chi connectivity index (χ0v) is 17.3. The quantitative estimate of drug-likeness (QED) is 0.544. The molecule has 6 nitrogen and oxygen atoms in total. The Balaban J connectivity index is 1.49. The lowest BCUT2D eigenvalue weighted by molar-refractivity contribution is -0.118. The minimum absolute atomic E-state index is 0.000514. The molecule has 1 saturated heterocycles. The van der Waals surface area contributed by atoms with Crippen molar-refractivity contribution in [1.29, 1.82) is 0 Å². The molecule has 7 heteroatoms. The fourth-order valence-electron chi connectivity index (χ4n) is 4.46. The van der Waals surface area contributed by atoms with Crippen molar-refractivity contribution in [2.75, 3.05) is 17.2 Å². The number of benzene rings is 2. The van der Waals surface area contributed by atoms with Gasteiger partial charge in [0.1, 0.15) is 23.6 Å². The maximum absolute atomic E-state index is 15.2. The zero-order valence-electron chi connectivity index (χ0n) is 17.3. The van der Waals surface area contributed by atoms with Crippen molar-refractivity contribution in [3.05, 3.63) is 71.9 Å². The molecule has 0 radical (unpaired) electrons. The number of aryl methyl sites for hydroxylation is 2. The van der Waals surface area contributed by atoms with Crippen molar-refractivity contribution in [1.82, 2.24) is 14.5 Å². The van der Waals surface area contributed by atoms with Crippen LogP contribution in [-0.4, -0.2) is 27.0 Å². The van der Waals surface area contributed by atoms with Crippen LogP contribution in [0.5, 0.6) is 0 Å². The number of aromatic nitrogens is 3. The Morgan fingerprint density at radius 3 is 2.74 bits per heavy atom. The van der Waals surface area contributed by atoms with Crippen molar-refractivity contribution >= 4 is 28.4 Å². The largest absolute Gasteiger partial charge is 0.383 e. The maximum Gasteiger partial charge on any atom is 0.234 e. The highest BCUT2D eigenvalue weighted by atomic mass is 19.1. The average molecular weight is 415 g/mol. The Bertz CT molecular complexity index is 1330. The highest BCUT2D eigenvalue weighted by Gasteiger charge is 2.34.